The van der Waals surface area contributed by atoms with Gasteiger partial charge in [0.15, 0.2) is 0 Å². The maximum atomic E-state index is 11.7. The van der Waals surface area contributed by atoms with Crippen LogP contribution in [0.25, 0.3) is 0 Å². The monoisotopic (exact) mass is 160 g/mol. The van der Waals surface area contributed by atoms with Crippen LogP contribution in [0.1, 0.15) is 40.0 Å². The van der Waals surface area contributed by atoms with Gasteiger partial charge in [-0.3, -0.25) is 9.18 Å². The zero-order valence-electron chi connectivity index (χ0n) is 7.61. The molecule has 1 aliphatic carbocycles. The highest BCUT2D eigenvalue weighted by atomic mass is 19.1. The van der Waals surface area contributed by atoms with E-state index in [1.165, 1.54) is 0 Å². The molecule has 0 aromatic heterocycles. The second-order valence-corrected chi connectivity index (χ2v) is 2.78. The molecule has 0 atom stereocenters. The summed E-state index contributed by atoms with van der Waals surface area (Å²) in [4.78, 5) is 10.8. The van der Waals surface area contributed by atoms with Gasteiger partial charge < -0.3 is 0 Å². The molecule has 0 saturated heterocycles. The molecule has 0 radical (unpaired) electrons. The minimum Gasteiger partial charge on any atom is -0.299 e. The van der Waals surface area contributed by atoms with Crippen LogP contribution in [0.2, 0.25) is 0 Å². The van der Waals surface area contributed by atoms with Gasteiger partial charge in [-0.05, 0) is 26.2 Å². The molecule has 0 unspecified atom stereocenters. The number of ketones is 1. The average molecular weight is 160 g/mol. The fourth-order valence-corrected chi connectivity index (χ4v) is 1.11. The highest BCUT2D eigenvalue weighted by molar-refractivity contribution is 5.84. The predicted molar refractivity (Wildman–Crippen MR) is 44.3 cm³/mol. The summed E-state index contributed by atoms with van der Waals surface area (Å²) in [5, 5.41) is 0. The van der Waals surface area contributed by atoms with E-state index in [2.05, 4.69) is 0 Å². The molecule has 0 spiro atoms. The molecule has 66 valence electrons. The Balaban J connectivity index is 0.000000461. The van der Waals surface area contributed by atoms with Crippen LogP contribution in [-0.2, 0) is 4.79 Å². The van der Waals surface area contributed by atoms with Crippen molar-refractivity contribution in [2.24, 2.45) is 5.41 Å². The molecule has 0 aromatic rings. The summed E-state index contributed by atoms with van der Waals surface area (Å²) in [6.45, 7) is 5.21. The first-order valence-electron chi connectivity index (χ1n) is 4.28. The molecule has 1 rings (SSSR count). The second-order valence-electron chi connectivity index (χ2n) is 2.78. The van der Waals surface area contributed by atoms with Gasteiger partial charge in [0.05, 0.1) is 6.67 Å². The topological polar surface area (TPSA) is 17.1 Å². The number of Topliss-reactive ketones (excluding diaryl/α,β-unsaturated/α-hetero) is 1. The summed E-state index contributed by atoms with van der Waals surface area (Å²) in [7, 11) is 0. The highest BCUT2D eigenvalue weighted by Gasteiger charge is 2.46. The predicted octanol–water partition coefficient (Wildman–Crippen LogP) is 2.74. The first kappa shape index (κ1) is 10.6. The Morgan fingerprint density at radius 2 is 1.91 bits per heavy atom. The summed E-state index contributed by atoms with van der Waals surface area (Å²) >= 11 is 0. The third-order valence-electron chi connectivity index (χ3n) is 2.17. The van der Waals surface area contributed by atoms with Crippen LogP contribution in [0.3, 0.4) is 0 Å². The van der Waals surface area contributed by atoms with E-state index in [4.69, 9.17) is 0 Å². The van der Waals surface area contributed by atoms with Crippen LogP contribution in [0, 0.1) is 5.41 Å². The number of halogens is 1. The van der Waals surface area contributed by atoms with Crippen LogP contribution in [0.15, 0.2) is 0 Å². The summed E-state index contributed by atoms with van der Waals surface area (Å²) in [5.41, 5.74) is -0.214. The number of carbonyl (C=O) groups is 1. The molecule has 1 saturated carbocycles. The van der Waals surface area contributed by atoms with Gasteiger partial charge in [0.25, 0.3) is 0 Å². The normalized spacial score (nSPS) is 18.2. The van der Waals surface area contributed by atoms with Gasteiger partial charge in [-0.1, -0.05) is 13.8 Å². The Bertz CT molecular complexity index is 128. The van der Waals surface area contributed by atoms with E-state index < -0.39 is 0 Å². The molecule has 0 aliphatic heterocycles. The summed E-state index contributed by atoms with van der Waals surface area (Å²) in [6, 6.07) is 0. The van der Waals surface area contributed by atoms with Gasteiger partial charge in [-0.25, -0.2) is 0 Å². The largest absolute Gasteiger partial charge is 0.299 e. The zero-order valence-corrected chi connectivity index (χ0v) is 7.61. The minimum absolute atomic E-state index is 0.167. The van der Waals surface area contributed by atoms with Crippen molar-refractivity contribution < 1.29 is 9.18 Å². The average Bonchev–Trinajstić information content (AvgIpc) is 2.75. The first-order chi connectivity index (χ1) is 5.21. The van der Waals surface area contributed by atoms with E-state index >= 15 is 0 Å². The molecule has 0 aromatic carbocycles. The van der Waals surface area contributed by atoms with Crippen molar-refractivity contribution in [2.45, 2.75) is 40.0 Å². The molecule has 1 fully saturated rings. The van der Waals surface area contributed by atoms with Crippen LogP contribution in [-0.4, -0.2) is 12.5 Å². The summed E-state index contributed by atoms with van der Waals surface area (Å²) in [6.07, 6.45) is 2.26. The fraction of sp³-hybridized carbons (Fsp3) is 0.889. The van der Waals surface area contributed by atoms with Gasteiger partial charge in [-0.15, -0.1) is 0 Å². The molecule has 0 N–H and O–H groups in total. The molecule has 0 bridgehead atoms. The lowest BCUT2D eigenvalue weighted by Gasteiger charge is -2.05. The minimum atomic E-state index is -0.348. The maximum absolute atomic E-state index is 11.7. The van der Waals surface area contributed by atoms with Crippen LogP contribution in [0.5, 0.6) is 0 Å². The van der Waals surface area contributed by atoms with Crippen molar-refractivity contribution in [1.82, 2.24) is 0 Å². The smallest absolute Gasteiger partial charge is 0.136 e. The van der Waals surface area contributed by atoms with Gasteiger partial charge in [-0.2, -0.15) is 0 Å². The van der Waals surface area contributed by atoms with Gasteiger partial charge in [0.2, 0.25) is 0 Å². The number of hydrogen-bond donors (Lipinski definition) is 0. The maximum Gasteiger partial charge on any atom is 0.136 e. The zero-order chi connectivity index (χ0) is 8.91. The molecule has 1 aliphatic rings. The molecule has 0 heterocycles. The summed E-state index contributed by atoms with van der Waals surface area (Å²) in [5.74, 6) is 0.167. The molecule has 2 heteroatoms. The van der Waals surface area contributed by atoms with Gasteiger partial charge in [0, 0.05) is 5.41 Å². The van der Waals surface area contributed by atoms with E-state index in [-0.39, 0.29) is 17.9 Å². The van der Waals surface area contributed by atoms with Gasteiger partial charge >= 0.3 is 0 Å². The first-order valence-corrected chi connectivity index (χ1v) is 4.28. The number of rotatable bonds is 3. The Kier molecular flexibility index (Phi) is 4.31. The summed E-state index contributed by atoms with van der Waals surface area (Å²) < 4.78 is 11.7. The van der Waals surface area contributed by atoms with Crippen LogP contribution < -0.4 is 0 Å². The standard InChI is InChI=1S/C7H11FO.C2H6/c1-6(9)7(2-3-7)4-5-8;1-2/h2-5H2,1H3;1-2H3. The Morgan fingerprint density at radius 1 is 1.45 bits per heavy atom. The van der Waals surface area contributed by atoms with Crippen molar-refractivity contribution in [2.75, 3.05) is 6.67 Å². The lowest BCUT2D eigenvalue weighted by atomic mass is 9.99. The van der Waals surface area contributed by atoms with Crippen molar-refractivity contribution in [3.8, 4) is 0 Å². The fourth-order valence-electron chi connectivity index (χ4n) is 1.11. The highest BCUT2D eigenvalue weighted by Crippen LogP contribution is 2.49. The van der Waals surface area contributed by atoms with E-state index in [9.17, 15) is 9.18 Å². The Labute approximate surface area is 68.0 Å². The molecular weight excluding hydrogens is 143 g/mol. The van der Waals surface area contributed by atoms with E-state index in [0.29, 0.717) is 6.42 Å². The number of carbonyl (C=O) groups excluding carboxylic acids is 1. The van der Waals surface area contributed by atoms with Crippen LogP contribution >= 0.6 is 0 Å². The van der Waals surface area contributed by atoms with Crippen molar-refractivity contribution in [3.05, 3.63) is 0 Å². The lowest BCUT2D eigenvalue weighted by molar-refractivity contribution is -0.122. The Morgan fingerprint density at radius 3 is 2.00 bits per heavy atom. The third kappa shape index (κ3) is 2.60. The second kappa shape index (κ2) is 4.47. The van der Waals surface area contributed by atoms with Crippen molar-refractivity contribution >= 4 is 5.78 Å². The number of alkyl halides is 1. The van der Waals surface area contributed by atoms with E-state index in [1.807, 2.05) is 13.8 Å². The lowest BCUT2D eigenvalue weighted by Crippen LogP contribution is -2.11. The van der Waals surface area contributed by atoms with Crippen LogP contribution in [0.4, 0.5) is 4.39 Å². The van der Waals surface area contributed by atoms with Crippen molar-refractivity contribution in [3.63, 3.8) is 0 Å². The molecular formula is C9H17FO. The molecule has 0 amide bonds. The molecule has 11 heavy (non-hydrogen) atoms. The van der Waals surface area contributed by atoms with Gasteiger partial charge in [0.1, 0.15) is 5.78 Å². The number of hydrogen-bond acceptors (Lipinski definition) is 1. The quantitative estimate of drug-likeness (QED) is 0.620. The SMILES string of the molecule is CC.CC(=O)C1(CCF)CC1. The van der Waals surface area contributed by atoms with E-state index in [1.54, 1.807) is 6.92 Å². The third-order valence-corrected chi connectivity index (χ3v) is 2.17. The van der Waals surface area contributed by atoms with E-state index in [0.717, 1.165) is 12.8 Å². The molecule has 1 nitrogen and oxygen atoms in total. The Hall–Kier alpha value is -0.400. The van der Waals surface area contributed by atoms with Crippen molar-refractivity contribution in [1.29, 1.82) is 0 Å².